The standard InChI is InChI=1S/C27H23F4N3O5/c1-3-11-13-6-19-22-14(8-34(19)25(37)15(13)9-39-26(11)38)21-17(33-24(36)23(35)27(29,30)31)5-4-12-10(2)16(28)7-18(32-22)20(12)21/h6-7,11,17,23,35H,3-5,8-9H2,1-2H3,(H,33,36)/t11-,17+,23?/m1/s1. The van der Waals surface area contributed by atoms with Gasteiger partial charge in [0.2, 0.25) is 6.10 Å². The summed E-state index contributed by atoms with van der Waals surface area (Å²) in [6.45, 7) is 3.24. The van der Waals surface area contributed by atoms with E-state index in [-0.39, 0.29) is 37.1 Å². The molecule has 39 heavy (non-hydrogen) atoms. The fourth-order valence-corrected chi connectivity index (χ4v) is 6.12. The average Bonchev–Trinajstić information content (AvgIpc) is 3.25. The molecule has 2 aromatic heterocycles. The molecule has 1 aliphatic carbocycles. The summed E-state index contributed by atoms with van der Waals surface area (Å²) in [6.07, 6.45) is -7.54. The number of hydrogen-bond acceptors (Lipinski definition) is 6. The number of aliphatic hydroxyl groups excluding tert-OH is 1. The molecule has 12 heteroatoms. The third-order valence-corrected chi connectivity index (χ3v) is 8.07. The number of rotatable bonds is 3. The largest absolute Gasteiger partial charge is 0.460 e. The van der Waals surface area contributed by atoms with Crippen LogP contribution < -0.4 is 10.9 Å². The van der Waals surface area contributed by atoms with Gasteiger partial charge in [0.1, 0.15) is 12.4 Å². The van der Waals surface area contributed by atoms with Crippen molar-refractivity contribution in [3.63, 3.8) is 0 Å². The van der Waals surface area contributed by atoms with Gasteiger partial charge in [-0.2, -0.15) is 13.2 Å². The van der Waals surface area contributed by atoms with Crippen LogP contribution in [0.2, 0.25) is 0 Å². The van der Waals surface area contributed by atoms with E-state index in [1.54, 1.807) is 19.9 Å². The van der Waals surface area contributed by atoms with Gasteiger partial charge in [0, 0.05) is 17.0 Å². The van der Waals surface area contributed by atoms with Crippen LogP contribution in [0.25, 0.3) is 22.3 Å². The summed E-state index contributed by atoms with van der Waals surface area (Å²) in [4.78, 5) is 43.0. The molecule has 4 heterocycles. The number of amides is 1. The summed E-state index contributed by atoms with van der Waals surface area (Å²) in [6, 6.07) is 2.00. The summed E-state index contributed by atoms with van der Waals surface area (Å²) in [5.74, 6) is -3.18. The Morgan fingerprint density at radius 2 is 2.00 bits per heavy atom. The summed E-state index contributed by atoms with van der Waals surface area (Å²) in [7, 11) is 0. The molecule has 0 saturated heterocycles. The van der Waals surface area contributed by atoms with Crippen LogP contribution in [-0.2, 0) is 33.9 Å². The molecule has 0 bridgehead atoms. The van der Waals surface area contributed by atoms with E-state index in [2.05, 4.69) is 5.32 Å². The van der Waals surface area contributed by atoms with Gasteiger partial charge in [-0.15, -0.1) is 0 Å². The number of aliphatic hydroxyl groups is 1. The average molecular weight is 545 g/mol. The predicted molar refractivity (Wildman–Crippen MR) is 129 cm³/mol. The first-order valence-electron chi connectivity index (χ1n) is 12.6. The number of nitrogens with zero attached hydrogens (tertiary/aromatic N) is 2. The smallest absolute Gasteiger partial charge is 0.423 e. The second-order valence-corrected chi connectivity index (χ2v) is 10.2. The van der Waals surface area contributed by atoms with Crippen molar-refractivity contribution in [2.24, 2.45) is 0 Å². The van der Waals surface area contributed by atoms with Crippen molar-refractivity contribution >= 4 is 22.8 Å². The van der Waals surface area contributed by atoms with Gasteiger partial charge >= 0.3 is 12.1 Å². The van der Waals surface area contributed by atoms with E-state index in [1.165, 1.54) is 10.6 Å². The van der Waals surface area contributed by atoms with Gasteiger partial charge in [-0.25, -0.2) is 9.37 Å². The highest BCUT2D eigenvalue weighted by atomic mass is 19.4. The second-order valence-electron chi connectivity index (χ2n) is 10.2. The zero-order chi connectivity index (χ0) is 28.0. The normalized spacial score (nSPS) is 20.2. The molecule has 0 spiro atoms. The minimum Gasteiger partial charge on any atom is -0.460 e. The highest BCUT2D eigenvalue weighted by molar-refractivity contribution is 5.94. The number of pyridine rings is 2. The number of aromatic nitrogens is 2. The minimum absolute atomic E-state index is 0.0177. The fourth-order valence-electron chi connectivity index (χ4n) is 6.12. The lowest BCUT2D eigenvalue weighted by molar-refractivity contribution is -0.205. The Bertz CT molecular complexity index is 1660. The van der Waals surface area contributed by atoms with Crippen molar-refractivity contribution in [2.45, 2.75) is 70.5 Å². The molecule has 0 saturated carbocycles. The van der Waals surface area contributed by atoms with Crippen LogP contribution in [0.3, 0.4) is 0 Å². The number of ether oxygens (including phenoxy) is 1. The molecular weight excluding hydrogens is 522 g/mol. The maximum Gasteiger partial charge on any atom is 0.423 e. The van der Waals surface area contributed by atoms with Crippen molar-refractivity contribution in [3.8, 4) is 11.4 Å². The molecule has 1 aromatic carbocycles. The molecule has 8 nitrogen and oxygen atoms in total. The number of esters is 1. The molecular formula is C27H23F4N3O5. The van der Waals surface area contributed by atoms with E-state index in [0.29, 0.717) is 56.6 Å². The maximum atomic E-state index is 14.9. The van der Waals surface area contributed by atoms with Gasteiger partial charge in [-0.1, -0.05) is 6.92 Å². The van der Waals surface area contributed by atoms with E-state index in [1.807, 2.05) is 0 Å². The molecule has 3 aliphatic rings. The Hall–Kier alpha value is -3.80. The van der Waals surface area contributed by atoms with Crippen LogP contribution in [0.4, 0.5) is 17.6 Å². The van der Waals surface area contributed by atoms with Crippen LogP contribution in [0.1, 0.15) is 65.1 Å². The number of nitrogens with one attached hydrogen (secondary N) is 1. The van der Waals surface area contributed by atoms with Crippen LogP contribution in [0, 0.1) is 12.7 Å². The molecule has 3 atom stereocenters. The Kier molecular flexibility index (Phi) is 5.62. The van der Waals surface area contributed by atoms with Crippen LogP contribution in [0.5, 0.6) is 0 Å². The van der Waals surface area contributed by atoms with Gasteiger partial charge in [0.15, 0.2) is 0 Å². The highest BCUT2D eigenvalue weighted by Gasteiger charge is 2.45. The summed E-state index contributed by atoms with van der Waals surface area (Å²) >= 11 is 0. The maximum absolute atomic E-state index is 14.9. The van der Waals surface area contributed by atoms with Gasteiger partial charge in [-0.3, -0.25) is 14.4 Å². The van der Waals surface area contributed by atoms with Gasteiger partial charge in [0.25, 0.3) is 11.5 Å². The molecule has 0 fully saturated rings. The van der Waals surface area contributed by atoms with Crippen LogP contribution in [0.15, 0.2) is 16.9 Å². The van der Waals surface area contributed by atoms with Crippen LogP contribution >= 0.6 is 0 Å². The SMILES string of the molecule is CC[C@H]1C(=O)OCc2c1cc1n(c2=O)Cc2c-1nc1cc(F)c(C)c3c1c2[C@@H](NC(=O)C(O)C(F)(F)F)CC3. The first-order chi connectivity index (χ1) is 18.4. The van der Waals surface area contributed by atoms with Crippen molar-refractivity contribution in [2.75, 3.05) is 0 Å². The van der Waals surface area contributed by atoms with Gasteiger partial charge < -0.3 is 19.7 Å². The number of halogens is 4. The summed E-state index contributed by atoms with van der Waals surface area (Å²) in [5, 5.41) is 12.4. The quantitative estimate of drug-likeness (QED) is 0.302. The molecule has 2 aliphatic heterocycles. The Morgan fingerprint density at radius 1 is 1.26 bits per heavy atom. The first kappa shape index (κ1) is 25.5. The molecule has 1 amide bonds. The first-order valence-corrected chi connectivity index (χ1v) is 12.6. The van der Waals surface area contributed by atoms with E-state index < -0.39 is 41.9 Å². The van der Waals surface area contributed by atoms with Crippen molar-refractivity contribution in [1.82, 2.24) is 14.9 Å². The highest BCUT2D eigenvalue weighted by Crippen LogP contribution is 2.45. The van der Waals surface area contributed by atoms with E-state index in [9.17, 15) is 37.1 Å². The van der Waals surface area contributed by atoms with Crippen LogP contribution in [-0.4, -0.2) is 38.8 Å². The Labute approximate surface area is 218 Å². The monoisotopic (exact) mass is 545 g/mol. The zero-order valence-electron chi connectivity index (χ0n) is 20.9. The summed E-state index contributed by atoms with van der Waals surface area (Å²) < 4.78 is 60.8. The third kappa shape index (κ3) is 3.68. The zero-order valence-corrected chi connectivity index (χ0v) is 20.9. The number of alkyl halides is 3. The number of aryl methyl sites for hydroxylation is 1. The fraction of sp³-hybridized carbons (Fsp3) is 0.407. The molecule has 6 rings (SSSR count). The minimum atomic E-state index is -5.15. The Morgan fingerprint density at radius 3 is 2.69 bits per heavy atom. The number of hydrogen-bond donors (Lipinski definition) is 2. The second kappa shape index (κ2) is 8.60. The molecule has 204 valence electrons. The van der Waals surface area contributed by atoms with Gasteiger partial charge in [0.05, 0.1) is 41.0 Å². The van der Waals surface area contributed by atoms with Crippen molar-refractivity contribution in [1.29, 1.82) is 0 Å². The Balaban J connectivity index is 1.58. The topological polar surface area (TPSA) is 111 Å². The van der Waals surface area contributed by atoms with Crippen molar-refractivity contribution < 1.29 is 37.0 Å². The van der Waals surface area contributed by atoms with Crippen molar-refractivity contribution in [3.05, 3.63) is 61.7 Å². The third-order valence-electron chi connectivity index (χ3n) is 8.07. The molecule has 1 unspecified atom stereocenters. The predicted octanol–water partition coefficient (Wildman–Crippen LogP) is 3.45. The lowest BCUT2D eigenvalue weighted by Gasteiger charge is -2.30. The summed E-state index contributed by atoms with van der Waals surface area (Å²) in [5.41, 5.74) is 3.42. The molecule has 3 aromatic rings. The number of carbonyl (C=O) groups is 2. The number of cyclic esters (lactones) is 1. The van der Waals surface area contributed by atoms with E-state index >= 15 is 0 Å². The lowest BCUT2D eigenvalue weighted by atomic mass is 9.81. The van der Waals surface area contributed by atoms with Gasteiger partial charge in [-0.05, 0) is 54.5 Å². The molecule has 0 radical (unpaired) electrons. The van der Waals surface area contributed by atoms with E-state index in [4.69, 9.17) is 9.72 Å². The lowest BCUT2D eigenvalue weighted by Crippen LogP contribution is -2.45. The van der Waals surface area contributed by atoms with E-state index in [0.717, 1.165) is 0 Å². The number of benzene rings is 1. The molecule has 2 N–H and O–H groups in total. The number of fused-ring (bicyclic) bond motifs is 5. The number of carbonyl (C=O) groups excluding carboxylic acids is 2.